The number of amides is 2. The van der Waals surface area contributed by atoms with Crippen LogP contribution in [0.4, 0.5) is 5.69 Å². The van der Waals surface area contributed by atoms with E-state index in [4.69, 9.17) is 4.74 Å². The lowest BCUT2D eigenvalue weighted by Crippen LogP contribution is -2.44. The van der Waals surface area contributed by atoms with Gasteiger partial charge in [-0.1, -0.05) is 6.07 Å². The number of carbonyl (C=O) groups is 2. The van der Waals surface area contributed by atoms with Crippen LogP contribution in [0.2, 0.25) is 0 Å². The lowest BCUT2D eigenvalue weighted by Gasteiger charge is -2.39. The first-order valence-electron chi connectivity index (χ1n) is 9.77. The molecule has 1 aromatic carbocycles. The second kappa shape index (κ2) is 8.30. The molecule has 0 atom stereocenters. The van der Waals surface area contributed by atoms with Crippen molar-refractivity contribution in [2.45, 2.75) is 25.7 Å². The van der Waals surface area contributed by atoms with Crippen LogP contribution in [-0.4, -0.2) is 75.6 Å². The smallest absolute Gasteiger partial charge is 0.253 e. The zero-order valence-electron chi connectivity index (χ0n) is 16.7. The number of carbonyl (C=O) groups excluding carboxylic acids is 2. The Balaban J connectivity index is 1.58. The third kappa shape index (κ3) is 4.43. The number of hydrogen-bond donors (Lipinski definition) is 0. The van der Waals surface area contributed by atoms with Gasteiger partial charge in [-0.25, -0.2) is 0 Å². The van der Waals surface area contributed by atoms with Crippen molar-refractivity contribution in [2.24, 2.45) is 5.41 Å². The average Bonchev–Trinajstić information content (AvgIpc) is 2.97. The molecule has 0 unspecified atom stereocenters. The molecule has 0 saturated carbocycles. The first-order chi connectivity index (χ1) is 12.9. The van der Waals surface area contributed by atoms with Crippen LogP contribution >= 0.6 is 0 Å². The SMILES string of the molecule is COCCCN1CC2(CCN(C(=O)c3cccc(N(C)C)c3)CC2)CC1=O. The molecule has 2 saturated heterocycles. The summed E-state index contributed by atoms with van der Waals surface area (Å²) in [6, 6.07) is 7.77. The summed E-state index contributed by atoms with van der Waals surface area (Å²) < 4.78 is 5.09. The number of nitrogens with zero attached hydrogens (tertiary/aromatic N) is 3. The molecular formula is C21H31N3O3. The van der Waals surface area contributed by atoms with E-state index in [0.29, 0.717) is 13.0 Å². The van der Waals surface area contributed by atoms with Gasteiger partial charge in [0.05, 0.1) is 0 Å². The van der Waals surface area contributed by atoms with Crippen LogP contribution in [0.15, 0.2) is 24.3 Å². The monoisotopic (exact) mass is 373 g/mol. The Morgan fingerprint density at radius 3 is 2.67 bits per heavy atom. The molecule has 0 radical (unpaired) electrons. The maximum Gasteiger partial charge on any atom is 0.253 e. The second-order valence-electron chi connectivity index (χ2n) is 8.08. The Bertz CT molecular complexity index is 681. The summed E-state index contributed by atoms with van der Waals surface area (Å²) in [5.74, 6) is 0.347. The number of piperidine rings is 1. The zero-order chi connectivity index (χ0) is 19.4. The molecule has 2 aliphatic rings. The van der Waals surface area contributed by atoms with Gasteiger partial charge in [-0.05, 0) is 37.5 Å². The van der Waals surface area contributed by atoms with Crippen molar-refractivity contribution < 1.29 is 14.3 Å². The molecule has 1 spiro atoms. The highest BCUT2D eigenvalue weighted by atomic mass is 16.5. The van der Waals surface area contributed by atoms with Crippen LogP contribution in [0, 0.1) is 5.41 Å². The van der Waals surface area contributed by atoms with Gasteiger partial charge in [-0.15, -0.1) is 0 Å². The molecule has 6 nitrogen and oxygen atoms in total. The van der Waals surface area contributed by atoms with E-state index in [1.807, 2.05) is 53.1 Å². The minimum atomic E-state index is 0.0480. The second-order valence-corrected chi connectivity index (χ2v) is 8.08. The van der Waals surface area contributed by atoms with Crippen LogP contribution < -0.4 is 4.90 Å². The highest BCUT2D eigenvalue weighted by Crippen LogP contribution is 2.41. The van der Waals surface area contributed by atoms with Gasteiger partial charge in [-0.2, -0.15) is 0 Å². The highest BCUT2D eigenvalue weighted by Gasteiger charge is 2.45. The lowest BCUT2D eigenvalue weighted by molar-refractivity contribution is -0.128. The Kier molecular flexibility index (Phi) is 6.05. The van der Waals surface area contributed by atoms with E-state index in [9.17, 15) is 9.59 Å². The maximum atomic E-state index is 12.9. The fourth-order valence-corrected chi connectivity index (χ4v) is 4.20. The molecule has 2 fully saturated rings. The third-order valence-electron chi connectivity index (χ3n) is 5.90. The molecule has 0 aliphatic carbocycles. The first-order valence-corrected chi connectivity index (χ1v) is 9.77. The minimum Gasteiger partial charge on any atom is -0.385 e. The van der Waals surface area contributed by atoms with E-state index in [1.165, 1.54) is 0 Å². The summed E-state index contributed by atoms with van der Waals surface area (Å²) >= 11 is 0. The van der Waals surface area contributed by atoms with Crippen LogP contribution in [-0.2, 0) is 9.53 Å². The maximum absolute atomic E-state index is 12.9. The van der Waals surface area contributed by atoms with Gasteiger partial charge >= 0.3 is 0 Å². The number of rotatable bonds is 6. The van der Waals surface area contributed by atoms with Crippen LogP contribution in [0.3, 0.4) is 0 Å². The summed E-state index contributed by atoms with van der Waals surface area (Å²) in [5.41, 5.74) is 1.81. The Labute approximate surface area is 162 Å². The molecule has 2 amide bonds. The van der Waals surface area contributed by atoms with Crippen molar-refractivity contribution in [3.8, 4) is 0 Å². The third-order valence-corrected chi connectivity index (χ3v) is 5.90. The molecule has 148 valence electrons. The van der Waals surface area contributed by atoms with Crippen molar-refractivity contribution in [2.75, 3.05) is 58.9 Å². The van der Waals surface area contributed by atoms with E-state index < -0.39 is 0 Å². The topological polar surface area (TPSA) is 53.1 Å². The number of hydrogen-bond acceptors (Lipinski definition) is 4. The molecule has 27 heavy (non-hydrogen) atoms. The molecule has 0 bridgehead atoms. The van der Waals surface area contributed by atoms with Crippen molar-refractivity contribution in [3.63, 3.8) is 0 Å². The molecule has 3 rings (SSSR count). The zero-order valence-corrected chi connectivity index (χ0v) is 16.7. The van der Waals surface area contributed by atoms with E-state index in [1.54, 1.807) is 7.11 Å². The summed E-state index contributed by atoms with van der Waals surface area (Å²) in [6.45, 7) is 3.74. The van der Waals surface area contributed by atoms with Gasteiger partial charge in [0, 0.05) is 77.1 Å². The normalized spacial score (nSPS) is 19.0. The predicted octanol–water partition coefficient (Wildman–Crippen LogP) is 2.24. The van der Waals surface area contributed by atoms with Gasteiger partial charge < -0.3 is 19.4 Å². The van der Waals surface area contributed by atoms with Crippen LogP contribution in [0.25, 0.3) is 0 Å². The van der Waals surface area contributed by atoms with Crippen molar-refractivity contribution in [1.82, 2.24) is 9.80 Å². The van der Waals surface area contributed by atoms with E-state index in [-0.39, 0.29) is 17.2 Å². The van der Waals surface area contributed by atoms with E-state index in [2.05, 4.69) is 0 Å². The summed E-state index contributed by atoms with van der Waals surface area (Å²) in [7, 11) is 5.64. The number of ether oxygens (including phenoxy) is 1. The van der Waals surface area contributed by atoms with Gasteiger partial charge in [0.1, 0.15) is 0 Å². The Morgan fingerprint density at radius 2 is 2.00 bits per heavy atom. The lowest BCUT2D eigenvalue weighted by atomic mass is 9.77. The average molecular weight is 373 g/mol. The molecule has 6 heteroatoms. The Hall–Kier alpha value is -2.08. The van der Waals surface area contributed by atoms with Crippen molar-refractivity contribution in [1.29, 1.82) is 0 Å². The highest BCUT2D eigenvalue weighted by molar-refractivity contribution is 5.95. The van der Waals surface area contributed by atoms with E-state index in [0.717, 1.165) is 56.7 Å². The molecule has 0 N–H and O–H groups in total. The first kappa shape index (κ1) is 19.7. The summed E-state index contributed by atoms with van der Waals surface area (Å²) in [5, 5.41) is 0. The molecule has 2 aliphatic heterocycles. The fourth-order valence-electron chi connectivity index (χ4n) is 4.20. The fraction of sp³-hybridized carbons (Fsp3) is 0.619. The standard InChI is InChI=1S/C21H31N3O3/c1-22(2)18-7-4-6-17(14-18)20(26)23-11-8-21(9-12-23)15-19(25)24(16-21)10-5-13-27-3/h4,6-7,14H,5,8-13,15-16H2,1-3H3. The quantitative estimate of drug-likeness (QED) is 0.718. The predicted molar refractivity (Wildman–Crippen MR) is 106 cm³/mol. The molecule has 0 aromatic heterocycles. The molecular weight excluding hydrogens is 342 g/mol. The van der Waals surface area contributed by atoms with Crippen molar-refractivity contribution in [3.05, 3.63) is 29.8 Å². The summed E-state index contributed by atoms with van der Waals surface area (Å²) in [4.78, 5) is 31.2. The molecule has 2 heterocycles. The largest absolute Gasteiger partial charge is 0.385 e. The van der Waals surface area contributed by atoms with Gasteiger partial charge in [-0.3, -0.25) is 9.59 Å². The van der Waals surface area contributed by atoms with Crippen LogP contribution in [0.5, 0.6) is 0 Å². The number of likely N-dealkylation sites (tertiary alicyclic amines) is 2. The minimum absolute atomic E-state index is 0.0480. The number of anilines is 1. The van der Waals surface area contributed by atoms with Gasteiger partial charge in [0.15, 0.2) is 0 Å². The van der Waals surface area contributed by atoms with Gasteiger partial charge in [0.25, 0.3) is 5.91 Å². The van der Waals surface area contributed by atoms with Crippen molar-refractivity contribution >= 4 is 17.5 Å². The van der Waals surface area contributed by atoms with Crippen LogP contribution in [0.1, 0.15) is 36.0 Å². The van der Waals surface area contributed by atoms with Gasteiger partial charge in [0.2, 0.25) is 5.91 Å². The summed E-state index contributed by atoms with van der Waals surface area (Å²) in [6.07, 6.45) is 3.31. The number of benzene rings is 1. The Morgan fingerprint density at radius 1 is 1.26 bits per heavy atom. The molecule has 1 aromatic rings. The van der Waals surface area contributed by atoms with E-state index >= 15 is 0 Å². The number of methoxy groups -OCH3 is 1.